The first-order valence-corrected chi connectivity index (χ1v) is 17.7. The van der Waals surface area contributed by atoms with Crippen LogP contribution < -0.4 is 9.62 Å². The summed E-state index contributed by atoms with van der Waals surface area (Å²) in [6, 6.07) is 26.4. The molecule has 1 saturated carbocycles. The maximum atomic E-state index is 14.6. The number of anilines is 1. The van der Waals surface area contributed by atoms with Crippen LogP contribution in [0.5, 0.6) is 0 Å². The van der Waals surface area contributed by atoms with Gasteiger partial charge in [0.1, 0.15) is 18.4 Å². The molecule has 1 aliphatic carbocycles. The summed E-state index contributed by atoms with van der Waals surface area (Å²) < 4.78 is 43.3. The van der Waals surface area contributed by atoms with Crippen LogP contribution in [0.2, 0.25) is 10.0 Å². The van der Waals surface area contributed by atoms with Gasteiger partial charge in [0, 0.05) is 24.0 Å². The number of hydrogen-bond acceptors (Lipinski definition) is 4. The van der Waals surface area contributed by atoms with E-state index in [4.69, 9.17) is 23.2 Å². The maximum absolute atomic E-state index is 14.6. The van der Waals surface area contributed by atoms with Gasteiger partial charge < -0.3 is 10.2 Å². The minimum Gasteiger partial charge on any atom is -0.352 e. The fraction of sp³-hybridized carbons (Fsp3) is 0.278. The average Bonchev–Trinajstić information content (AvgIpc) is 3.07. The molecule has 2 amide bonds. The van der Waals surface area contributed by atoms with Crippen molar-refractivity contribution >= 4 is 50.7 Å². The molecule has 1 aliphatic rings. The van der Waals surface area contributed by atoms with Crippen molar-refractivity contribution in [2.24, 2.45) is 0 Å². The lowest BCUT2D eigenvalue weighted by Crippen LogP contribution is -2.55. The predicted octanol–water partition coefficient (Wildman–Crippen LogP) is 7.42. The summed E-state index contributed by atoms with van der Waals surface area (Å²) in [6.45, 7) is -0.694. The Bertz CT molecular complexity index is 1790. The highest BCUT2D eigenvalue weighted by atomic mass is 35.5. The first kappa shape index (κ1) is 34.4. The van der Waals surface area contributed by atoms with Crippen LogP contribution in [0, 0.1) is 5.82 Å². The van der Waals surface area contributed by atoms with E-state index in [1.54, 1.807) is 42.5 Å². The fourth-order valence-corrected chi connectivity index (χ4v) is 7.63. The lowest BCUT2D eigenvalue weighted by Gasteiger charge is -2.35. The summed E-state index contributed by atoms with van der Waals surface area (Å²) in [4.78, 5) is 30.1. The molecule has 1 fully saturated rings. The summed E-state index contributed by atoms with van der Waals surface area (Å²) in [7, 11) is -4.34. The Hall–Kier alpha value is -3.92. The lowest BCUT2D eigenvalue weighted by atomic mass is 9.94. The van der Waals surface area contributed by atoms with Gasteiger partial charge in [-0.15, -0.1) is 0 Å². The van der Waals surface area contributed by atoms with E-state index in [0.717, 1.165) is 48.0 Å². The van der Waals surface area contributed by atoms with Crippen molar-refractivity contribution in [2.75, 3.05) is 10.8 Å². The molecule has 0 heterocycles. The highest BCUT2D eigenvalue weighted by Gasteiger charge is 2.35. The average molecular weight is 697 g/mol. The zero-order valence-electron chi connectivity index (χ0n) is 25.7. The van der Waals surface area contributed by atoms with Gasteiger partial charge in [-0.25, -0.2) is 12.8 Å². The van der Waals surface area contributed by atoms with Crippen molar-refractivity contribution in [1.82, 2.24) is 10.2 Å². The summed E-state index contributed by atoms with van der Waals surface area (Å²) >= 11 is 12.4. The molecule has 0 saturated heterocycles. The number of sulfonamides is 1. The van der Waals surface area contributed by atoms with Gasteiger partial charge in [-0.05, 0) is 66.4 Å². The molecule has 4 aromatic rings. The van der Waals surface area contributed by atoms with Crippen molar-refractivity contribution < 1.29 is 22.4 Å². The fourth-order valence-electron chi connectivity index (χ4n) is 5.82. The molecular weight excluding hydrogens is 660 g/mol. The van der Waals surface area contributed by atoms with Crippen LogP contribution in [0.1, 0.15) is 43.2 Å². The largest absolute Gasteiger partial charge is 0.352 e. The van der Waals surface area contributed by atoms with E-state index in [2.05, 4.69) is 5.32 Å². The smallest absolute Gasteiger partial charge is 0.264 e. The van der Waals surface area contributed by atoms with E-state index in [0.29, 0.717) is 10.6 Å². The molecule has 246 valence electrons. The topological polar surface area (TPSA) is 86.8 Å². The Morgan fingerprint density at radius 2 is 1.49 bits per heavy atom. The van der Waals surface area contributed by atoms with E-state index >= 15 is 0 Å². The second-order valence-corrected chi connectivity index (χ2v) is 14.3. The number of halogens is 3. The van der Waals surface area contributed by atoms with Crippen molar-refractivity contribution in [1.29, 1.82) is 0 Å². The van der Waals surface area contributed by atoms with E-state index in [-0.39, 0.29) is 40.5 Å². The van der Waals surface area contributed by atoms with Gasteiger partial charge in [0.15, 0.2) is 0 Å². The number of rotatable bonds is 12. The van der Waals surface area contributed by atoms with Crippen molar-refractivity contribution in [3.8, 4) is 0 Å². The van der Waals surface area contributed by atoms with Crippen LogP contribution in [0.3, 0.4) is 0 Å². The quantitative estimate of drug-likeness (QED) is 0.167. The number of benzene rings is 4. The van der Waals surface area contributed by atoms with Crippen LogP contribution in [-0.2, 0) is 32.6 Å². The van der Waals surface area contributed by atoms with E-state index in [1.165, 1.54) is 29.2 Å². The molecule has 0 bridgehead atoms. The molecule has 0 spiro atoms. The second-order valence-electron chi connectivity index (χ2n) is 11.6. The van der Waals surface area contributed by atoms with Crippen LogP contribution in [-0.4, -0.2) is 43.8 Å². The van der Waals surface area contributed by atoms with Crippen molar-refractivity contribution in [2.45, 2.75) is 62.0 Å². The summed E-state index contributed by atoms with van der Waals surface area (Å²) in [5, 5.41) is 3.33. The number of carbonyl (C=O) groups is 2. The second kappa shape index (κ2) is 15.8. The van der Waals surface area contributed by atoms with Crippen LogP contribution >= 0.6 is 23.2 Å². The van der Waals surface area contributed by atoms with E-state index < -0.39 is 34.3 Å². The first-order chi connectivity index (χ1) is 22.6. The van der Waals surface area contributed by atoms with Gasteiger partial charge in [0.25, 0.3) is 10.0 Å². The number of nitrogens with one attached hydrogen (secondary N) is 1. The Morgan fingerprint density at radius 1 is 0.830 bits per heavy atom. The molecule has 4 aromatic carbocycles. The molecule has 47 heavy (non-hydrogen) atoms. The molecule has 1 unspecified atom stereocenters. The minimum absolute atomic E-state index is 0.00238. The zero-order valence-corrected chi connectivity index (χ0v) is 28.0. The van der Waals surface area contributed by atoms with Gasteiger partial charge in [0.05, 0.1) is 15.6 Å². The monoisotopic (exact) mass is 695 g/mol. The molecule has 0 aliphatic heterocycles. The summed E-state index contributed by atoms with van der Waals surface area (Å²) in [5.74, 6) is -1.69. The standard InChI is InChI=1S/C36H36Cl2FN3O4S/c37-28-14-10-13-27(21-28)24-41(34(22-26-11-4-1-5-12-26)36(44)40-29-15-6-2-7-16-29)35(43)25-42(30-19-20-33(39)32(38)23-30)47(45,46)31-17-8-3-9-18-31/h1,3-5,8-14,17-21,23,29,34H,2,6-7,15-16,22,24-25H2,(H,40,44). The van der Waals surface area contributed by atoms with Gasteiger partial charge in [-0.1, -0.05) is 103 Å². The minimum atomic E-state index is -4.34. The number of amides is 2. The zero-order chi connectivity index (χ0) is 33.4. The van der Waals surface area contributed by atoms with E-state index in [1.807, 2.05) is 30.3 Å². The van der Waals surface area contributed by atoms with Gasteiger partial charge in [-0.2, -0.15) is 0 Å². The molecule has 0 aromatic heterocycles. The number of hydrogen-bond donors (Lipinski definition) is 1. The van der Waals surface area contributed by atoms with Gasteiger partial charge >= 0.3 is 0 Å². The number of carbonyl (C=O) groups excluding carboxylic acids is 2. The molecule has 1 atom stereocenters. The Labute approximate surface area is 285 Å². The van der Waals surface area contributed by atoms with Crippen molar-refractivity contribution in [3.63, 3.8) is 0 Å². The number of nitrogens with zero attached hydrogens (tertiary/aromatic N) is 2. The predicted molar refractivity (Wildman–Crippen MR) is 183 cm³/mol. The molecule has 11 heteroatoms. The molecule has 1 N–H and O–H groups in total. The molecular formula is C36H36Cl2FN3O4S. The Balaban J connectivity index is 1.57. The highest BCUT2D eigenvalue weighted by molar-refractivity contribution is 7.92. The van der Waals surface area contributed by atoms with Crippen molar-refractivity contribution in [3.05, 3.63) is 130 Å². The van der Waals surface area contributed by atoms with Crippen LogP contribution in [0.4, 0.5) is 10.1 Å². The summed E-state index contributed by atoms with van der Waals surface area (Å²) in [5.41, 5.74) is 1.50. The SMILES string of the molecule is O=C(NC1CCCCC1)C(Cc1ccccc1)N(Cc1cccc(Cl)c1)C(=O)CN(c1ccc(F)c(Cl)c1)S(=O)(=O)c1ccccc1. The molecule has 5 rings (SSSR count). The molecule has 0 radical (unpaired) electrons. The van der Waals surface area contributed by atoms with Gasteiger partial charge in [-0.3, -0.25) is 13.9 Å². The Morgan fingerprint density at radius 3 is 2.15 bits per heavy atom. The Kier molecular flexibility index (Phi) is 11.6. The summed E-state index contributed by atoms with van der Waals surface area (Å²) in [6.07, 6.45) is 5.01. The van der Waals surface area contributed by atoms with E-state index in [9.17, 15) is 22.4 Å². The third kappa shape index (κ3) is 8.91. The van der Waals surface area contributed by atoms with Gasteiger partial charge in [0.2, 0.25) is 11.8 Å². The maximum Gasteiger partial charge on any atom is 0.264 e. The lowest BCUT2D eigenvalue weighted by molar-refractivity contribution is -0.140. The normalized spacial score (nSPS) is 14.3. The van der Waals surface area contributed by atoms with Crippen LogP contribution in [0.25, 0.3) is 0 Å². The molecule has 7 nitrogen and oxygen atoms in total. The first-order valence-electron chi connectivity index (χ1n) is 15.5. The van der Waals surface area contributed by atoms with Crippen LogP contribution in [0.15, 0.2) is 108 Å². The third-order valence-corrected chi connectivity index (χ3v) is 10.6. The highest BCUT2D eigenvalue weighted by Crippen LogP contribution is 2.29. The third-order valence-electron chi connectivity index (χ3n) is 8.27.